The lowest BCUT2D eigenvalue weighted by Gasteiger charge is -2.44. The number of nitrogens with two attached hydrogens (primary N) is 1. The van der Waals surface area contributed by atoms with Gasteiger partial charge in [0.15, 0.2) is 0 Å². The highest BCUT2D eigenvalue weighted by Crippen LogP contribution is 2.33. The monoisotopic (exact) mass is 503 g/mol. The van der Waals surface area contributed by atoms with Gasteiger partial charge in [0.05, 0.1) is 18.9 Å². The molecule has 1 saturated heterocycles. The largest absolute Gasteiger partial charge is 0.384 e. The highest BCUT2D eigenvalue weighted by molar-refractivity contribution is 5.99. The molecule has 3 rings (SSSR count). The smallest absolute Gasteiger partial charge is 0.225 e. The highest BCUT2D eigenvalue weighted by Gasteiger charge is 2.36. The number of aliphatic imine (C=N–C) groups is 1. The Morgan fingerprint density at radius 1 is 1.31 bits per heavy atom. The molecular formula is C27H39F2N5O2. The fraction of sp³-hybridized carbons (Fsp3) is 0.556. The highest BCUT2D eigenvalue weighted by atomic mass is 19.1. The summed E-state index contributed by atoms with van der Waals surface area (Å²) in [7, 11) is 0. The number of amidine groups is 1. The molecule has 1 unspecified atom stereocenters. The number of hydrogen-bond acceptors (Lipinski definition) is 5. The van der Waals surface area contributed by atoms with E-state index in [-0.39, 0.29) is 35.5 Å². The van der Waals surface area contributed by atoms with E-state index in [1.54, 1.807) is 0 Å². The van der Waals surface area contributed by atoms with Crippen molar-refractivity contribution in [2.24, 2.45) is 16.6 Å². The Morgan fingerprint density at radius 3 is 2.53 bits per heavy atom. The van der Waals surface area contributed by atoms with Crippen LogP contribution in [-0.2, 0) is 9.53 Å². The summed E-state index contributed by atoms with van der Waals surface area (Å²) in [5.74, 6) is -0.257. The van der Waals surface area contributed by atoms with E-state index in [1.807, 2.05) is 31.7 Å². The van der Waals surface area contributed by atoms with Crippen molar-refractivity contribution in [2.75, 3.05) is 31.6 Å². The molecule has 2 aliphatic rings. The molecule has 0 radical (unpaired) electrons. The van der Waals surface area contributed by atoms with Gasteiger partial charge in [0.25, 0.3) is 0 Å². The molecule has 1 saturated carbocycles. The fourth-order valence-corrected chi connectivity index (χ4v) is 4.99. The van der Waals surface area contributed by atoms with Crippen LogP contribution in [0.1, 0.15) is 52.9 Å². The van der Waals surface area contributed by atoms with Gasteiger partial charge in [-0.05, 0) is 63.7 Å². The molecule has 36 heavy (non-hydrogen) atoms. The zero-order valence-electron chi connectivity index (χ0n) is 21.6. The Balaban J connectivity index is 1.87. The van der Waals surface area contributed by atoms with E-state index < -0.39 is 11.6 Å². The zero-order chi connectivity index (χ0) is 26.2. The van der Waals surface area contributed by atoms with E-state index in [9.17, 15) is 13.6 Å². The Hall–Kier alpha value is -2.94. The third-order valence-corrected chi connectivity index (χ3v) is 7.02. The molecule has 0 aromatic heterocycles. The van der Waals surface area contributed by atoms with Crippen molar-refractivity contribution in [3.63, 3.8) is 0 Å². The second kappa shape index (κ2) is 12.9. The Labute approximate surface area is 213 Å². The van der Waals surface area contributed by atoms with Gasteiger partial charge in [0.2, 0.25) is 5.91 Å². The number of anilines is 1. The first-order valence-corrected chi connectivity index (χ1v) is 12.8. The Morgan fingerprint density at radius 2 is 1.97 bits per heavy atom. The number of carbonyl (C=O) groups is 1. The standard InChI is InChI=1S/C27H39F2N5O2/c1-5-18(3)26(31-19(4)30)34(25(6-2)32-24-12-9-21(28)17-23(24)29)22-10-7-20(8-11-22)27(35)33-13-15-36-16-14-33/h5,9,12,17,20,22,25,32H,4,6-8,10-11,13-16,30H2,1-3H3/b18-5-,31-26+. The number of nitrogens with one attached hydrogen (secondary N) is 1. The van der Waals surface area contributed by atoms with Crippen molar-refractivity contribution < 1.29 is 18.3 Å². The van der Waals surface area contributed by atoms with Crippen LogP contribution in [0.2, 0.25) is 0 Å². The number of amides is 1. The minimum atomic E-state index is -0.655. The van der Waals surface area contributed by atoms with E-state index in [2.05, 4.69) is 21.8 Å². The molecule has 198 valence electrons. The number of hydrogen-bond donors (Lipinski definition) is 2. The minimum Gasteiger partial charge on any atom is -0.384 e. The van der Waals surface area contributed by atoms with E-state index in [0.717, 1.165) is 37.3 Å². The summed E-state index contributed by atoms with van der Waals surface area (Å²) in [6, 6.07) is 3.56. The summed E-state index contributed by atoms with van der Waals surface area (Å²) >= 11 is 0. The van der Waals surface area contributed by atoms with Crippen molar-refractivity contribution >= 4 is 17.4 Å². The van der Waals surface area contributed by atoms with Crippen molar-refractivity contribution in [3.8, 4) is 0 Å². The maximum atomic E-state index is 14.6. The number of ether oxygens (including phenoxy) is 1. The molecule has 1 atom stereocenters. The van der Waals surface area contributed by atoms with Crippen molar-refractivity contribution in [2.45, 2.75) is 65.1 Å². The number of carbonyl (C=O) groups excluding carboxylic acids is 1. The first-order chi connectivity index (χ1) is 17.2. The molecule has 7 nitrogen and oxygen atoms in total. The summed E-state index contributed by atoms with van der Waals surface area (Å²) in [6.45, 7) is 12.1. The predicted octanol–water partition coefficient (Wildman–Crippen LogP) is 4.63. The van der Waals surface area contributed by atoms with Gasteiger partial charge in [-0.25, -0.2) is 13.8 Å². The molecule has 9 heteroatoms. The topological polar surface area (TPSA) is 83.2 Å². The van der Waals surface area contributed by atoms with E-state index >= 15 is 0 Å². The average molecular weight is 504 g/mol. The quantitative estimate of drug-likeness (QED) is 0.307. The van der Waals surface area contributed by atoms with Gasteiger partial charge in [-0.1, -0.05) is 19.6 Å². The second-order valence-electron chi connectivity index (χ2n) is 9.44. The van der Waals surface area contributed by atoms with Crippen LogP contribution >= 0.6 is 0 Å². The minimum absolute atomic E-state index is 0.0172. The zero-order valence-corrected chi connectivity index (χ0v) is 21.6. The Kier molecular flexibility index (Phi) is 9.87. The first-order valence-electron chi connectivity index (χ1n) is 12.8. The van der Waals surface area contributed by atoms with Crippen LogP contribution in [-0.4, -0.2) is 60.1 Å². The first kappa shape index (κ1) is 27.6. The number of rotatable bonds is 8. The van der Waals surface area contributed by atoms with Gasteiger partial charge >= 0.3 is 0 Å². The predicted molar refractivity (Wildman–Crippen MR) is 139 cm³/mol. The van der Waals surface area contributed by atoms with E-state index in [4.69, 9.17) is 10.5 Å². The van der Waals surface area contributed by atoms with Gasteiger partial charge in [0.1, 0.15) is 29.5 Å². The molecule has 2 fully saturated rings. The maximum absolute atomic E-state index is 14.6. The number of allylic oxidation sites excluding steroid dienone is 1. The fourth-order valence-electron chi connectivity index (χ4n) is 4.99. The van der Waals surface area contributed by atoms with E-state index in [0.29, 0.717) is 38.6 Å². The molecular weight excluding hydrogens is 464 g/mol. The second-order valence-corrected chi connectivity index (χ2v) is 9.44. The SMILES string of the molecule is C=C(N)/N=C(\C(C)=C/C)N(C1CCC(C(=O)N2CCOCC2)CC1)C(CC)Nc1ccc(F)cc1F. The molecule has 1 heterocycles. The average Bonchev–Trinajstić information content (AvgIpc) is 2.88. The summed E-state index contributed by atoms with van der Waals surface area (Å²) in [4.78, 5) is 21.7. The van der Waals surface area contributed by atoms with Gasteiger partial charge in [-0.2, -0.15) is 0 Å². The third-order valence-electron chi connectivity index (χ3n) is 7.02. The summed E-state index contributed by atoms with van der Waals surface area (Å²) in [5, 5.41) is 3.26. The molecule has 1 aromatic carbocycles. The molecule has 3 N–H and O–H groups in total. The molecule has 1 aliphatic carbocycles. The van der Waals surface area contributed by atoms with E-state index in [1.165, 1.54) is 12.1 Å². The van der Waals surface area contributed by atoms with Crippen LogP contribution in [0.15, 0.2) is 47.2 Å². The normalized spacial score (nSPS) is 22.2. The van der Waals surface area contributed by atoms with Crippen molar-refractivity contribution in [1.82, 2.24) is 9.80 Å². The lowest BCUT2D eigenvalue weighted by molar-refractivity contribution is -0.141. The van der Waals surface area contributed by atoms with Gasteiger partial charge < -0.3 is 25.6 Å². The van der Waals surface area contributed by atoms with Gasteiger partial charge in [0, 0.05) is 31.1 Å². The number of morpholine rings is 1. The molecule has 1 aliphatic heterocycles. The number of halogens is 2. The van der Waals surface area contributed by atoms with Crippen LogP contribution in [0, 0.1) is 17.6 Å². The lowest BCUT2D eigenvalue weighted by atomic mass is 9.83. The lowest BCUT2D eigenvalue weighted by Crippen LogP contribution is -2.53. The van der Waals surface area contributed by atoms with Crippen LogP contribution in [0.25, 0.3) is 0 Å². The van der Waals surface area contributed by atoms with Crippen molar-refractivity contribution in [3.05, 3.63) is 53.9 Å². The van der Waals surface area contributed by atoms with Crippen LogP contribution in [0.5, 0.6) is 0 Å². The molecule has 0 bridgehead atoms. The summed E-state index contributed by atoms with van der Waals surface area (Å²) in [6.07, 6.45) is 5.30. The number of nitrogens with zero attached hydrogens (tertiary/aromatic N) is 3. The number of benzene rings is 1. The van der Waals surface area contributed by atoms with Crippen LogP contribution in [0.3, 0.4) is 0 Å². The van der Waals surface area contributed by atoms with Crippen LogP contribution in [0.4, 0.5) is 14.5 Å². The molecule has 1 amide bonds. The molecule has 1 aromatic rings. The maximum Gasteiger partial charge on any atom is 0.225 e. The van der Waals surface area contributed by atoms with Gasteiger partial charge in [-0.3, -0.25) is 4.79 Å². The molecule has 0 spiro atoms. The summed E-state index contributed by atoms with van der Waals surface area (Å²) in [5.41, 5.74) is 7.04. The summed E-state index contributed by atoms with van der Waals surface area (Å²) < 4.78 is 33.5. The van der Waals surface area contributed by atoms with Crippen LogP contribution < -0.4 is 11.1 Å². The Bertz CT molecular complexity index is 982. The van der Waals surface area contributed by atoms with Gasteiger partial charge in [-0.15, -0.1) is 0 Å². The van der Waals surface area contributed by atoms with Crippen molar-refractivity contribution in [1.29, 1.82) is 0 Å². The third kappa shape index (κ3) is 6.84.